The highest BCUT2D eigenvalue weighted by Crippen LogP contribution is 2.09. The number of carbonyl (C=O) groups is 2. The molecule has 0 saturated carbocycles. The molecule has 0 aliphatic carbocycles. The molecule has 1 aliphatic rings. The number of halogens is 1. The lowest BCUT2D eigenvalue weighted by atomic mass is 10.1. The third-order valence-corrected chi connectivity index (χ3v) is 4.03. The van der Waals surface area contributed by atoms with Crippen LogP contribution in [0.15, 0.2) is 30.3 Å². The molecule has 6 heteroatoms. The van der Waals surface area contributed by atoms with Crippen LogP contribution >= 0.6 is 12.4 Å². The van der Waals surface area contributed by atoms with Gasteiger partial charge in [-0.25, -0.2) is 0 Å². The molecule has 2 amide bonds. The molecule has 0 unspecified atom stereocenters. The SMILES string of the molecule is Cl.NCCC(=O)N1CCCN(C(=O)CCc2ccccc2)CC1. The Morgan fingerprint density at radius 3 is 2.04 bits per heavy atom. The Balaban J connectivity index is 0.00000264. The molecule has 23 heavy (non-hydrogen) atoms. The van der Waals surface area contributed by atoms with Crippen molar-refractivity contribution in [1.82, 2.24) is 9.80 Å². The van der Waals surface area contributed by atoms with Gasteiger partial charge in [0.15, 0.2) is 0 Å². The summed E-state index contributed by atoms with van der Waals surface area (Å²) >= 11 is 0. The summed E-state index contributed by atoms with van der Waals surface area (Å²) in [7, 11) is 0. The fraction of sp³-hybridized carbons (Fsp3) is 0.529. The summed E-state index contributed by atoms with van der Waals surface area (Å²) in [4.78, 5) is 27.9. The van der Waals surface area contributed by atoms with Crippen molar-refractivity contribution in [2.24, 2.45) is 5.73 Å². The molecule has 1 saturated heterocycles. The monoisotopic (exact) mass is 339 g/mol. The molecular weight excluding hydrogens is 314 g/mol. The Bertz CT molecular complexity index is 496. The molecule has 5 nitrogen and oxygen atoms in total. The van der Waals surface area contributed by atoms with Crippen molar-refractivity contribution in [3.05, 3.63) is 35.9 Å². The van der Waals surface area contributed by atoms with Crippen LogP contribution in [0.25, 0.3) is 0 Å². The van der Waals surface area contributed by atoms with Crippen molar-refractivity contribution in [2.45, 2.75) is 25.7 Å². The zero-order valence-electron chi connectivity index (χ0n) is 13.4. The van der Waals surface area contributed by atoms with Crippen LogP contribution in [0.1, 0.15) is 24.8 Å². The van der Waals surface area contributed by atoms with Gasteiger partial charge in [0.05, 0.1) is 0 Å². The maximum atomic E-state index is 12.3. The van der Waals surface area contributed by atoms with Crippen molar-refractivity contribution in [1.29, 1.82) is 0 Å². The maximum absolute atomic E-state index is 12.3. The first-order chi connectivity index (χ1) is 10.7. The van der Waals surface area contributed by atoms with Crippen LogP contribution in [-0.2, 0) is 16.0 Å². The first kappa shape index (κ1) is 19.5. The van der Waals surface area contributed by atoms with Gasteiger partial charge in [0.25, 0.3) is 0 Å². The number of hydrogen-bond donors (Lipinski definition) is 1. The quantitative estimate of drug-likeness (QED) is 0.883. The van der Waals surface area contributed by atoms with E-state index in [0.717, 1.165) is 25.9 Å². The zero-order valence-corrected chi connectivity index (χ0v) is 14.3. The van der Waals surface area contributed by atoms with E-state index < -0.39 is 0 Å². The molecule has 0 aromatic heterocycles. The van der Waals surface area contributed by atoms with Crippen LogP contribution in [-0.4, -0.2) is 54.3 Å². The van der Waals surface area contributed by atoms with Crippen LogP contribution in [0.5, 0.6) is 0 Å². The Labute approximate surface area is 144 Å². The average molecular weight is 340 g/mol. The number of amides is 2. The summed E-state index contributed by atoms with van der Waals surface area (Å²) in [5.74, 6) is 0.276. The predicted molar refractivity (Wildman–Crippen MR) is 93.5 cm³/mol. The Kier molecular flexibility index (Phi) is 8.66. The summed E-state index contributed by atoms with van der Waals surface area (Å²) in [5, 5.41) is 0. The van der Waals surface area contributed by atoms with E-state index in [1.54, 1.807) is 0 Å². The molecule has 1 heterocycles. The van der Waals surface area contributed by atoms with E-state index in [1.807, 2.05) is 40.1 Å². The lowest BCUT2D eigenvalue weighted by Crippen LogP contribution is -2.37. The molecule has 1 aromatic rings. The molecule has 1 aliphatic heterocycles. The number of rotatable bonds is 5. The van der Waals surface area contributed by atoms with E-state index in [0.29, 0.717) is 32.5 Å². The van der Waals surface area contributed by atoms with Crippen molar-refractivity contribution in [2.75, 3.05) is 32.7 Å². The molecular formula is C17H26ClN3O2. The fourth-order valence-corrected chi connectivity index (χ4v) is 2.75. The summed E-state index contributed by atoms with van der Waals surface area (Å²) in [6.07, 6.45) is 2.53. The van der Waals surface area contributed by atoms with Gasteiger partial charge in [-0.05, 0) is 18.4 Å². The fourth-order valence-electron chi connectivity index (χ4n) is 2.75. The Hall–Kier alpha value is -1.59. The number of nitrogens with zero attached hydrogens (tertiary/aromatic N) is 2. The first-order valence-corrected chi connectivity index (χ1v) is 8.00. The molecule has 1 aromatic carbocycles. The number of hydrogen-bond acceptors (Lipinski definition) is 3. The van der Waals surface area contributed by atoms with Crippen molar-refractivity contribution in [3.63, 3.8) is 0 Å². The van der Waals surface area contributed by atoms with E-state index in [-0.39, 0.29) is 24.2 Å². The van der Waals surface area contributed by atoms with Gasteiger partial charge < -0.3 is 15.5 Å². The van der Waals surface area contributed by atoms with E-state index >= 15 is 0 Å². The number of aryl methyl sites for hydroxylation is 1. The van der Waals surface area contributed by atoms with Crippen molar-refractivity contribution < 1.29 is 9.59 Å². The molecule has 0 radical (unpaired) electrons. The number of benzene rings is 1. The smallest absolute Gasteiger partial charge is 0.223 e. The van der Waals surface area contributed by atoms with E-state index in [2.05, 4.69) is 0 Å². The number of carbonyl (C=O) groups excluding carboxylic acids is 2. The van der Waals surface area contributed by atoms with Crippen molar-refractivity contribution >= 4 is 24.2 Å². The molecule has 2 N–H and O–H groups in total. The third kappa shape index (κ3) is 6.20. The van der Waals surface area contributed by atoms with E-state index in [1.165, 1.54) is 5.56 Å². The van der Waals surface area contributed by atoms with Crippen LogP contribution in [0.4, 0.5) is 0 Å². The van der Waals surface area contributed by atoms with Gasteiger partial charge in [0.2, 0.25) is 11.8 Å². The highest BCUT2D eigenvalue weighted by Gasteiger charge is 2.21. The van der Waals surface area contributed by atoms with Gasteiger partial charge in [-0.1, -0.05) is 30.3 Å². The lowest BCUT2D eigenvalue weighted by Gasteiger charge is -2.22. The van der Waals surface area contributed by atoms with Crippen LogP contribution < -0.4 is 5.73 Å². The Morgan fingerprint density at radius 1 is 0.913 bits per heavy atom. The van der Waals surface area contributed by atoms with E-state index in [4.69, 9.17) is 5.73 Å². The van der Waals surface area contributed by atoms with Gasteiger partial charge in [0.1, 0.15) is 0 Å². The van der Waals surface area contributed by atoms with Crippen LogP contribution in [0.3, 0.4) is 0 Å². The molecule has 1 fully saturated rings. The highest BCUT2D eigenvalue weighted by molar-refractivity contribution is 5.85. The molecule has 0 bridgehead atoms. The van der Waals surface area contributed by atoms with Crippen LogP contribution in [0, 0.1) is 0 Å². The van der Waals surface area contributed by atoms with E-state index in [9.17, 15) is 9.59 Å². The molecule has 128 valence electrons. The van der Waals surface area contributed by atoms with Gasteiger partial charge in [-0.2, -0.15) is 0 Å². The average Bonchev–Trinajstić information content (AvgIpc) is 2.80. The third-order valence-electron chi connectivity index (χ3n) is 4.03. The van der Waals surface area contributed by atoms with Gasteiger partial charge in [0, 0.05) is 45.6 Å². The summed E-state index contributed by atoms with van der Waals surface area (Å²) in [6, 6.07) is 10.1. The molecule has 0 atom stereocenters. The minimum absolute atomic E-state index is 0. The predicted octanol–water partition coefficient (Wildman–Crippen LogP) is 1.45. The molecule has 0 spiro atoms. The maximum Gasteiger partial charge on any atom is 0.223 e. The van der Waals surface area contributed by atoms with Crippen LogP contribution in [0.2, 0.25) is 0 Å². The van der Waals surface area contributed by atoms with Gasteiger partial charge in [-0.3, -0.25) is 9.59 Å². The summed E-state index contributed by atoms with van der Waals surface area (Å²) in [5.41, 5.74) is 6.62. The lowest BCUT2D eigenvalue weighted by molar-refractivity contribution is -0.133. The minimum Gasteiger partial charge on any atom is -0.341 e. The summed E-state index contributed by atoms with van der Waals surface area (Å²) < 4.78 is 0. The number of nitrogens with two attached hydrogens (primary N) is 1. The van der Waals surface area contributed by atoms with Gasteiger partial charge >= 0.3 is 0 Å². The zero-order chi connectivity index (χ0) is 15.8. The standard InChI is InChI=1S/C17H25N3O2.ClH/c18-10-9-17(22)20-12-4-11-19(13-14-20)16(21)8-7-15-5-2-1-3-6-15;/h1-3,5-6H,4,7-14,18H2;1H. The highest BCUT2D eigenvalue weighted by atomic mass is 35.5. The summed E-state index contributed by atoms with van der Waals surface area (Å²) in [6.45, 7) is 3.09. The normalized spacial score (nSPS) is 14.8. The Morgan fingerprint density at radius 2 is 1.48 bits per heavy atom. The topological polar surface area (TPSA) is 66.6 Å². The second kappa shape index (κ2) is 10.2. The second-order valence-corrected chi connectivity index (χ2v) is 5.64. The largest absolute Gasteiger partial charge is 0.341 e. The molecule has 2 rings (SSSR count). The second-order valence-electron chi connectivity index (χ2n) is 5.64. The minimum atomic E-state index is 0. The first-order valence-electron chi connectivity index (χ1n) is 8.00. The van der Waals surface area contributed by atoms with Gasteiger partial charge in [-0.15, -0.1) is 12.4 Å². The van der Waals surface area contributed by atoms with Crippen molar-refractivity contribution in [3.8, 4) is 0 Å².